The molecule has 0 spiro atoms. The Bertz CT molecular complexity index is 1200. The molecule has 0 aliphatic rings. The van der Waals surface area contributed by atoms with Crippen LogP contribution in [0.1, 0.15) is 10.4 Å². The summed E-state index contributed by atoms with van der Waals surface area (Å²) in [5, 5.41) is 15.7. The summed E-state index contributed by atoms with van der Waals surface area (Å²) in [6.07, 6.45) is 1.60. The van der Waals surface area contributed by atoms with Crippen molar-refractivity contribution in [3.05, 3.63) is 76.2 Å². The fourth-order valence-corrected chi connectivity index (χ4v) is 3.16. The molecule has 6 nitrogen and oxygen atoms in total. The van der Waals surface area contributed by atoms with Crippen molar-refractivity contribution >= 4 is 50.6 Å². The van der Waals surface area contributed by atoms with Gasteiger partial charge in [-0.3, -0.25) is 10.1 Å². The first-order valence-electron chi connectivity index (χ1n) is 7.87. The average Bonchev–Trinajstić information content (AvgIpc) is 3.16. The molecule has 0 unspecified atom stereocenters. The Morgan fingerprint density at radius 1 is 1.22 bits per heavy atom. The number of phenolic OH excluding ortho intramolecular Hbond substituents is 1. The Hall–Kier alpha value is -3.16. The molecule has 0 saturated carbocycles. The van der Waals surface area contributed by atoms with Gasteiger partial charge in [-0.2, -0.15) is 0 Å². The number of aromatic hydroxyl groups is 1. The molecule has 2 aromatic heterocycles. The van der Waals surface area contributed by atoms with Crippen molar-refractivity contribution in [3.63, 3.8) is 0 Å². The summed E-state index contributed by atoms with van der Waals surface area (Å²) in [6.45, 7) is 0. The fraction of sp³-hybridized carbons (Fsp3) is 0. The van der Waals surface area contributed by atoms with E-state index in [1.807, 2.05) is 0 Å². The SMILES string of the molecule is O=C(Nc1nccs1)c1cc2ccc(O)cc2oc1=Nc1ccccc1Cl. The van der Waals surface area contributed by atoms with E-state index in [1.165, 1.54) is 23.5 Å². The third-order valence-corrected chi connectivity index (χ3v) is 4.71. The number of hydrogen-bond acceptors (Lipinski definition) is 6. The van der Waals surface area contributed by atoms with E-state index in [2.05, 4.69) is 15.3 Å². The van der Waals surface area contributed by atoms with Gasteiger partial charge in [-0.25, -0.2) is 9.98 Å². The van der Waals surface area contributed by atoms with E-state index in [0.717, 1.165) is 0 Å². The van der Waals surface area contributed by atoms with Crippen molar-refractivity contribution in [3.8, 4) is 5.75 Å². The molecule has 2 N–H and O–H groups in total. The van der Waals surface area contributed by atoms with E-state index in [0.29, 0.717) is 26.8 Å². The molecule has 4 aromatic rings. The molecule has 0 radical (unpaired) electrons. The number of benzene rings is 2. The second-order valence-corrected chi connectivity index (χ2v) is 6.84. The van der Waals surface area contributed by atoms with Gasteiger partial charge >= 0.3 is 0 Å². The van der Waals surface area contributed by atoms with Gasteiger partial charge in [0.25, 0.3) is 5.91 Å². The van der Waals surface area contributed by atoms with Crippen molar-refractivity contribution in [2.45, 2.75) is 0 Å². The largest absolute Gasteiger partial charge is 0.508 e. The normalized spacial score (nSPS) is 11.7. The van der Waals surface area contributed by atoms with Gasteiger partial charge in [-0.1, -0.05) is 23.7 Å². The maximum Gasteiger partial charge on any atom is 0.262 e. The number of anilines is 1. The number of carbonyl (C=O) groups excluding carboxylic acids is 1. The van der Waals surface area contributed by atoms with E-state index < -0.39 is 5.91 Å². The first kappa shape index (κ1) is 17.3. The van der Waals surface area contributed by atoms with Gasteiger partial charge in [-0.15, -0.1) is 11.3 Å². The van der Waals surface area contributed by atoms with Crippen LogP contribution in [0.4, 0.5) is 10.8 Å². The minimum absolute atomic E-state index is 0.0509. The molecule has 1 amide bonds. The summed E-state index contributed by atoms with van der Waals surface area (Å²) in [6, 6.07) is 13.3. The Morgan fingerprint density at radius 2 is 2.07 bits per heavy atom. The van der Waals surface area contributed by atoms with Crippen LogP contribution in [0, 0.1) is 0 Å². The molecule has 0 aliphatic heterocycles. The number of para-hydroxylation sites is 1. The maximum atomic E-state index is 12.8. The van der Waals surface area contributed by atoms with Crippen molar-refractivity contribution in [1.29, 1.82) is 0 Å². The van der Waals surface area contributed by atoms with Crippen LogP contribution in [0.2, 0.25) is 5.02 Å². The van der Waals surface area contributed by atoms with Crippen molar-refractivity contribution in [1.82, 2.24) is 4.98 Å². The molecule has 2 aromatic carbocycles. The lowest BCUT2D eigenvalue weighted by atomic mass is 10.1. The lowest BCUT2D eigenvalue weighted by Gasteiger charge is -2.06. The fourth-order valence-electron chi connectivity index (χ4n) is 2.45. The molecule has 8 heteroatoms. The predicted octanol–water partition coefficient (Wildman–Crippen LogP) is 4.73. The van der Waals surface area contributed by atoms with Gasteiger partial charge in [0.15, 0.2) is 5.13 Å². The smallest absolute Gasteiger partial charge is 0.262 e. The van der Waals surface area contributed by atoms with Crippen LogP contribution in [0.5, 0.6) is 5.75 Å². The zero-order chi connectivity index (χ0) is 18.8. The number of nitrogens with zero attached hydrogens (tertiary/aromatic N) is 2. The summed E-state index contributed by atoms with van der Waals surface area (Å²) in [4.78, 5) is 21.2. The van der Waals surface area contributed by atoms with Gasteiger partial charge < -0.3 is 9.52 Å². The molecule has 0 fully saturated rings. The molecule has 0 atom stereocenters. The van der Waals surface area contributed by atoms with Gasteiger partial charge in [0.05, 0.1) is 10.7 Å². The highest BCUT2D eigenvalue weighted by molar-refractivity contribution is 7.13. The Balaban J connectivity index is 1.91. The first-order chi connectivity index (χ1) is 13.1. The highest BCUT2D eigenvalue weighted by atomic mass is 35.5. The summed E-state index contributed by atoms with van der Waals surface area (Å²) in [5.74, 6) is -0.357. The van der Waals surface area contributed by atoms with Crippen LogP contribution in [-0.4, -0.2) is 16.0 Å². The lowest BCUT2D eigenvalue weighted by molar-refractivity contribution is 0.102. The van der Waals surface area contributed by atoms with Crippen molar-refractivity contribution in [2.75, 3.05) is 5.32 Å². The van der Waals surface area contributed by atoms with Gasteiger partial charge in [-0.05, 0) is 30.3 Å². The standard InChI is InChI=1S/C19H12ClN3O3S/c20-14-3-1-2-4-15(14)22-18-13(17(25)23-19-21-7-8-27-19)9-11-5-6-12(24)10-16(11)26-18/h1-10,24H,(H,21,23,25). The van der Waals surface area contributed by atoms with E-state index in [4.69, 9.17) is 16.0 Å². The summed E-state index contributed by atoms with van der Waals surface area (Å²) in [5.41, 5.74) is 1.16. The maximum absolute atomic E-state index is 12.8. The van der Waals surface area contributed by atoms with Crippen LogP contribution in [0.15, 0.2) is 69.5 Å². The first-order valence-corrected chi connectivity index (χ1v) is 9.13. The zero-order valence-corrected chi connectivity index (χ0v) is 15.3. The second-order valence-electron chi connectivity index (χ2n) is 5.54. The van der Waals surface area contributed by atoms with Gasteiger partial charge in [0, 0.05) is 23.0 Å². The van der Waals surface area contributed by atoms with Crippen LogP contribution in [0.25, 0.3) is 11.0 Å². The molecule has 2 heterocycles. The number of aromatic nitrogens is 1. The van der Waals surface area contributed by atoms with E-state index in [9.17, 15) is 9.90 Å². The molecular formula is C19H12ClN3O3S. The second kappa shape index (κ2) is 7.22. The highest BCUT2D eigenvalue weighted by Gasteiger charge is 2.15. The summed E-state index contributed by atoms with van der Waals surface area (Å²) < 4.78 is 5.81. The van der Waals surface area contributed by atoms with E-state index in [-0.39, 0.29) is 16.9 Å². The summed E-state index contributed by atoms with van der Waals surface area (Å²) >= 11 is 7.49. The minimum Gasteiger partial charge on any atom is -0.508 e. The molecule has 27 heavy (non-hydrogen) atoms. The molecular weight excluding hydrogens is 386 g/mol. The molecule has 134 valence electrons. The Labute approximate surface area is 162 Å². The minimum atomic E-state index is -0.408. The molecule has 0 saturated heterocycles. The van der Waals surface area contributed by atoms with Crippen LogP contribution in [0.3, 0.4) is 0 Å². The third-order valence-electron chi connectivity index (χ3n) is 3.71. The Morgan fingerprint density at radius 3 is 2.85 bits per heavy atom. The number of halogens is 1. The molecule has 4 rings (SSSR count). The quantitative estimate of drug-likeness (QED) is 0.523. The average molecular weight is 398 g/mol. The van der Waals surface area contributed by atoms with Crippen LogP contribution in [-0.2, 0) is 0 Å². The van der Waals surface area contributed by atoms with Crippen LogP contribution < -0.4 is 10.9 Å². The third kappa shape index (κ3) is 3.69. The van der Waals surface area contributed by atoms with E-state index in [1.54, 1.807) is 48.0 Å². The number of fused-ring (bicyclic) bond motifs is 1. The number of rotatable bonds is 3. The van der Waals surface area contributed by atoms with Crippen LogP contribution >= 0.6 is 22.9 Å². The van der Waals surface area contributed by atoms with Gasteiger partial charge in [0.1, 0.15) is 16.9 Å². The monoisotopic (exact) mass is 397 g/mol. The number of thiazole rings is 1. The van der Waals surface area contributed by atoms with Crippen molar-refractivity contribution in [2.24, 2.45) is 4.99 Å². The number of hydrogen-bond donors (Lipinski definition) is 2. The molecule has 0 aliphatic carbocycles. The molecule has 0 bridgehead atoms. The number of carbonyl (C=O) groups is 1. The predicted molar refractivity (Wildman–Crippen MR) is 105 cm³/mol. The number of nitrogens with one attached hydrogen (secondary N) is 1. The zero-order valence-electron chi connectivity index (χ0n) is 13.7. The van der Waals surface area contributed by atoms with Gasteiger partial charge in [0.2, 0.25) is 5.55 Å². The highest BCUT2D eigenvalue weighted by Crippen LogP contribution is 2.24. The number of phenols is 1. The number of amides is 1. The lowest BCUT2D eigenvalue weighted by Crippen LogP contribution is -2.21. The topological polar surface area (TPSA) is 87.7 Å². The Kier molecular flexibility index (Phi) is 4.62. The van der Waals surface area contributed by atoms with E-state index >= 15 is 0 Å². The van der Waals surface area contributed by atoms with Crippen molar-refractivity contribution < 1.29 is 14.3 Å². The summed E-state index contributed by atoms with van der Waals surface area (Å²) in [7, 11) is 0.